The molecule has 15 heavy (non-hydrogen) atoms. The molecule has 0 saturated heterocycles. The Hall–Kier alpha value is -1.97. The Morgan fingerprint density at radius 3 is 2.87 bits per heavy atom. The van der Waals surface area contributed by atoms with Gasteiger partial charge in [0.25, 0.3) is 5.91 Å². The summed E-state index contributed by atoms with van der Waals surface area (Å²) >= 11 is 0. The minimum absolute atomic E-state index is 0.120. The molecule has 0 atom stereocenters. The fraction of sp³-hybridized carbons (Fsp3) is 0.182. The van der Waals surface area contributed by atoms with Gasteiger partial charge in [0.1, 0.15) is 11.4 Å². The van der Waals surface area contributed by atoms with E-state index in [-0.39, 0.29) is 5.91 Å². The second kappa shape index (κ2) is 3.65. The predicted octanol–water partition coefficient (Wildman–Crippen LogP) is 1.54. The van der Waals surface area contributed by atoms with Crippen molar-refractivity contribution in [2.45, 2.75) is 0 Å². The zero-order valence-corrected chi connectivity index (χ0v) is 8.63. The number of hydrogen-bond donors (Lipinski definition) is 2. The third-order valence-electron chi connectivity index (χ3n) is 2.30. The van der Waals surface area contributed by atoms with Crippen LogP contribution >= 0.6 is 0 Å². The van der Waals surface area contributed by atoms with Crippen molar-refractivity contribution in [1.82, 2.24) is 10.3 Å². The summed E-state index contributed by atoms with van der Waals surface area (Å²) in [7, 11) is 3.22. The molecule has 1 aromatic carbocycles. The van der Waals surface area contributed by atoms with E-state index >= 15 is 0 Å². The third-order valence-corrected chi connectivity index (χ3v) is 2.30. The molecule has 1 amide bonds. The van der Waals surface area contributed by atoms with Gasteiger partial charge in [-0.25, -0.2) is 0 Å². The average Bonchev–Trinajstić information content (AvgIpc) is 2.70. The van der Waals surface area contributed by atoms with Crippen molar-refractivity contribution in [3.8, 4) is 5.75 Å². The van der Waals surface area contributed by atoms with E-state index in [1.165, 1.54) is 0 Å². The smallest absolute Gasteiger partial charge is 0.267 e. The van der Waals surface area contributed by atoms with Crippen molar-refractivity contribution >= 4 is 16.8 Å². The molecule has 4 heteroatoms. The second-order valence-electron chi connectivity index (χ2n) is 3.22. The minimum Gasteiger partial charge on any atom is -0.497 e. The van der Waals surface area contributed by atoms with Crippen molar-refractivity contribution in [3.05, 3.63) is 30.0 Å². The van der Waals surface area contributed by atoms with Crippen molar-refractivity contribution in [2.24, 2.45) is 0 Å². The summed E-state index contributed by atoms with van der Waals surface area (Å²) in [5.41, 5.74) is 1.48. The lowest BCUT2D eigenvalue weighted by Gasteiger charge is -1.97. The molecule has 4 nitrogen and oxygen atoms in total. The number of rotatable bonds is 2. The molecule has 0 aliphatic rings. The van der Waals surface area contributed by atoms with Gasteiger partial charge in [-0.05, 0) is 24.3 Å². The third kappa shape index (κ3) is 1.66. The SMILES string of the molecule is CNC(=O)c1cc2cc(OC)ccc2[nH]1. The quantitative estimate of drug-likeness (QED) is 0.779. The van der Waals surface area contributed by atoms with Crippen LogP contribution in [-0.4, -0.2) is 25.0 Å². The summed E-state index contributed by atoms with van der Waals surface area (Å²) in [6.07, 6.45) is 0. The van der Waals surface area contributed by atoms with Crippen LogP contribution in [-0.2, 0) is 0 Å². The summed E-state index contributed by atoms with van der Waals surface area (Å²) in [6, 6.07) is 7.43. The maximum absolute atomic E-state index is 11.4. The summed E-state index contributed by atoms with van der Waals surface area (Å²) in [5, 5.41) is 3.54. The van der Waals surface area contributed by atoms with Crippen LogP contribution in [0.15, 0.2) is 24.3 Å². The van der Waals surface area contributed by atoms with Crippen LogP contribution < -0.4 is 10.1 Å². The normalized spacial score (nSPS) is 10.3. The molecule has 0 saturated carbocycles. The number of fused-ring (bicyclic) bond motifs is 1. The van der Waals surface area contributed by atoms with Crippen LogP contribution in [0.2, 0.25) is 0 Å². The number of carbonyl (C=O) groups is 1. The van der Waals surface area contributed by atoms with E-state index in [4.69, 9.17) is 4.74 Å². The lowest BCUT2D eigenvalue weighted by Crippen LogP contribution is -2.17. The highest BCUT2D eigenvalue weighted by Gasteiger charge is 2.07. The highest BCUT2D eigenvalue weighted by atomic mass is 16.5. The molecular formula is C11H12N2O2. The maximum atomic E-state index is 11.4. The number of H-pyrrole nitrogens is 1. The monoisotopic (exact) mass is 204 g/mol. The van der Waals surface area contributed by atoms with Crippen LogP contribution in [0.25, 0.3) is 10.9 Å². The molecule has 2 rings (SSSR count). The first-order valence-electron chi connectivity index (χ1n) is 4.63. The van der Waals surface area contributed by atoms with Gasteiger partial charge in [-0.3, -0.25) is 4.79 Å². The molecule has 78 valence electrons. The number of benzene rings is 1. The van der Waals surface area contributed by atoms with Gasteiger partial charge in [-0.2, -0.15) is 0 Å². The van der Waals surface area contributed by atoms with E-state index in [0.717, 1.165) is 16.7 Å². The standard InChI is InChI=1S/C11H12N2O2/c1-12-11(14)10-6-7-5-8(15-2)3-4-9(7)13-10/h3-6,13H,1-2H3,(H,12,14). The van der Waals surface area contributed by atoms with E-state index in [9.17, 15) is 4.79 Å². The van der Waals surface area contributed by atoms with Crippen LogP contribution in [0.1, 0.15) is 10.5 Å². The molecule has 2 aromatic rings. The van der Waals surface area contributed by atoms with Gasteiger partial charge >= 0.3 is 0 Å². The largest absolute Gasteiger partial charge is 0.497 e. The molecule has 2 N–H and O–H groups in total. The lowest BCUT2D eigenvalue weighted by atomic mass is 10.2. The number of aromatic amines is 1. The summed E-state index contributed by atoms with van der Waals surface area (Å²) in [5.74, 6) is 0.662. The lowest BCUT2D eigenvalue weighted by molar-refractivity contribution is 0.0959. The predicted molar refractivity (Wildman–Crippen MR) is 58.2 cm³/mol. The number of amides is 1. The maximum Gasteiger partial charge on any atom is 0.267 e. The number of nitrogens with one attached hydrogen (secondary N) is 2. The fourth-order valence-electron chi connectivity index (χ4n) is 1.49. The topological polar surface area (TPSA) is 54.1 Å². The molecule has 0 radical (unpaired) electrons. The van der Waals surface area contributed by atoms with Crippen LogP contribution in [0.5, 0.6) is 5.75 Å². The minimum atomic E-state index is -0.120. The average molecular weight is 204 g/mol. The summed E-state index contributed by atoms with van der Waals surface area (Å²) in [6.45, 7) is 0. The Labute approximate surface area is 87.2 Å². The Bertz CT molecular complexity index is 502. The van der Waals surface area contributed by atoms with Gasteiger partial charge < -0.3 is 15.0 Å². The zero-order valence-electron chi connectivity index (χ0n) is 8.63. The van der Waals surface area contributed by atoms with E-state index in [1.807, 2.05) is 18.2 Å². The summed E-state index contributed by atoms with van der Waals surface area (Å²) < 4.78 is 5.10. The van der Waals surface area contributed by atoms with Crippen LogP contribution in [0.3, 0.4) is 0 Å². The number of methoxy groups -OCH3 is 1. The Balaban J connectivity index is 2.51. The van der Waals surface area contributed by atoms with E-state index in [1.54, 1.807) is 20.2 Å². The molecule has 0 fully saturated rings. The van der Waals surface area contributed by atoms with Crippen molar-refractivity contribution in [2.75, 3.05) is 14.2 Å². The molecule has 0 aliphatic carbocycles. The molecule has 0 bridgehead atoms. The molecule has 1 heterocycles. The first kappa shape index (κ1) is 9.58. The first-order valence-corrected chi connectivity index (χ1v) is 4.63. The molecule has 0 spiro atoms. The van der Waals surface area contributed by atoms with Gasteiger partial charge in [0.2, 0.25) is 0 Å². The Kier molecular flexibility index (Phi) is 2.33. The van der Waals surface area contributed by atoms with E-state index in [0.29, 0.717) is 5.69 Å². The highest BCUT2D eigenvalue weighted by molar-refractivity contribution is 5.98. The zero-order chi connectivity index (χ0) is 10.8. The Morgan fingerprint density at radius 2 is 2.20 bits per heavy atom. The fourth-order valence-corrected chi connectivity index (χ4v) is 1.49. The summed E-state index contributed by atoms with van der Waals surface area (Å²) in [4.78, 5) is 14.4. The van der Waals surface area contributed by atoms with E-state index < -0.39 is 0 Å². The van der Waals surface area contributed by atoms with E-state index in [2.05, 4.69) is 10.3 Å². The number of aromatic nitrogens is 1. The van der Waals surface area contributed by atoms with Crippen molar-refractivity contribution in [1.29, 1.82) is 0 Å². The van der Waals surface area contributed by atoms with Crippen molar-refractivity contribution < 1.29 is 9.53 Å². The van der Waals surface area contributed by atoms with Crippen LogP contribution in [0.4, 0.5) is 0 Å². The Morgan fingerprint density at radius 1 is 1.40 bits per heavy atom. The first-order chi connectivity index (χ1) is 7.24. The molecule has 1 aromatic heterocycles. The van der Waals surface area contributed by atoms with Crippen LogP contribution in [0, 0.1) is 0 Å². The number of carbonyl (C=O) groups excluding carboxylic acids is 1. The highest BCUT2D eigenvalue weighted by Crippen LogP contribution is 2.21. The number of ether oxygens (including phenoxy) is 1. The number of hydrogen-bond acceptors (Lipinski definition) is 2. The van der Waals surface area contributed by atoms with Gasteiger partial charge in [-0.1, -0.05) is 0 Å². The second-order valence-corrected chi connectivity index (χ2v) is 3.22. The van der Waals surface area contributed by atoms with Gasteiger partial charge in [0.15, 0.2) is 0 Å². The molecular weight excluding hydrogens is 192 g/mol. The molecule has 0 unspecified atom stereocenters. The molecule has 0 aliphatic heterocycles. The van der Waals surface area contributed by atoms with Crippen molar-refractivity contribution in [3.63, 3.8) is 0 Å². The van der Waals surface area contributed by atoms with Gasteiger partial charge in [0, 0.05) is 18.0 Å². The van der Waals surface area contributed by atoms with Gasteiger partial charge in [-0.15, -0.1) is 0 Å². The van der Waals surface area contributed by atoms with Gasteiger partial charge in [0.05, 0.1) is 7.11 Å².